The van der Waals surface area contributed by atoms with E-state index in [4.69, 9.17) is 0 Å². The van der Waals surface area contributed by atoms with Gasteiger partial charge in [-0.2, -0.15) is 0 Å². The van der Waals surface area contributed by atoms with Gasteiger partial charge in [0.15, 0.2) is 10.9 Å². The monoisotopic (exact) mass is 436 g/mol. The van der Waals surface area contributed by atoms with Gasteiger partial charge in [0.25, 0.3) is 0 Å². The third-order valence-electron chi connectivity index (χ3n) is 6.96. The highest BCUT2D eigenvalue weighted by Crippen LogP contribution is 2.38. The van der Waals surface area contributed by atoms with Crippen LogP contribution in [0, 0.1) is 10.4 Å². The van der Waals surface area contributed by atoms with Gasteiger partial charge in [0.1, 0.15) is 22.4 Å². The molecule has 8 rings (SSSR count). The van der Waals surface area contributed by atoms with Crippen LogP contribution in [-0.4, -0.2) is 20.4 Å². The normalized spacial score (nSPS) is 13.4. The molecule has 0 radical (unpaired) electrons. The summed E-state index contributed by atoms with van der Waals surface area (Å²) in [6.45, 7) is 0. The fraction of sp³-hybridized carbons (Fsp3) is 0. The quantitative estimate of drug-likeness (QED) is 0.327. The maximum absolute atomic E-state index is 13.2. The SMILES string of the molecule is O=c1c2ccc(=c3ccc4c5c3nnc-5c3ccccc3c4=O)c3nnc(c4ccccc14)-c23. The average Bonchev–Trinajstić information content (AvgIpc) is 3.52. The van der Waals surface area contributed by atoms with Crippen LogP contribution in [0.2, 0.25) is 0 Å². The zero-order valence-electron chi connectivity index (χ0n) is 17.5. The summed E-state index contributed by atoms with van der Waals surface area (Å²) < 4.78 is 0. The lowest BCUT2D eigenvalue weighted by molar-refractivity contribution is 1.12. The maximum Gasteiger partial charge on any atom is 0.194 e. The molecule has 4 aromatic rings. The van der Waals surface area contributed by atoms with Crippen LogP contribution in [0.1, 0.15) is 0 Å². The van der Waals surface area contributed by atoms with Gasteiger partial charge in [0, 0.05) is 53.9 Å². The molecule has 6 nitrogen and oxygen atoms in total. The van der Waals surface area contributed by atoms with E-state index in [0.717, 1.165) is 43.7 Å². The fourth-order valence-electron chi connectivity index (χ4n) is 5.43. The van der Waals surface area contributed by atoms with E-state index in [1.807, 2.05) is 72.8 Å². The van der Waals surface area contributed by atoms with Crippen LogP contribution in [0.4, 0.5) is 0 Å². The average molecular weight is 436 g/mol. The summed E-state index contributed by atoms with van der Waals surface area (Å²) in [6.07, 6.45) is 0. The zero-order chi connectivity index (χ0) is 22.6. The number of hydrogen-bond donors (Lipinski definition) is 0. The molecule has 4 aromatic carbocycles. The van der Waals surface area contributed by atoms with E-state index >= 15 is 0 Å². The van der Waals surface area contributed by atoms with Crippen molar-refractivity contribution in [2.75, 3.05) is 0 Å². The Hall–Kier alpha value is -4.84. The van der Waals surface area contributed by atoms with Crippen LogP contribution in [0.15, 0.2) is 82.4 Å². The van der Waals surface area contributed by atoms with Gasteiger partial charge < -0.3 is 0 Å². The third-order valence-corrected chi connectivity index (χ3v) is 6.96. The van der Waals surface area contributed by atoms with Gasteiger partial charge in [0.05, 0.1) is 0 Å². The number of aromatic nitrogens is 4. The number of hydrogen-bond acceptors (Lipinski definition) is 6. The Bertz CT molecular complexity index is 2070. The van der Waals surface area contributed by atoms with Gasteiger partial charge in [0.2, 0.25) is 0 Å². The molecule has 0 N–H and O–H groups in total. The number of fused-ring (bicyclic) bond motifs is 4. The van der Waals surface area contributed by atoms with Crippen LogP contribution in [0.5, 0.6) is 0 Å². The number of rotatable bonds is 0. The maximum atomic E-state index is 13.2. The second-order valence-electron chi connectivity index (χ2n) is 8.62. The van der Waals surface area contributed by atoms with E-state index in [0.29, 0.717) is 32.6 Å². The molecule has 2 aliphatic heterocycles. The summed E-state index contributed by atoms with van der Waals surface area (Å²) in [6, 6.07) is 22.4. The van der Waals surface area contributed by atoms with Crippen LogP contribution in [0.25, 0.3) is 65.9 Å². The smallest absolute Gasteiger partial charge is 0.194 e. The highest BCUT2D eigenvalue weighted by Gasteiger charge is 2.24. The lowest BCUT2D eigenvalue weighted by Gasteiger charge is -2.08. The molecule has 0 saturated carbocycles. The molecule has 156 valence electrons. The molecule has 0 fully saturated rings. The zero-order valence-corrected chi connectivity index (χ0v) is 17.5. The molecule has 2 aliphatic carbocycles. The van der Waals surface area contributed by atoms with E-state index in [1.165, 1.54) is 0 Å². The van der Waals surface area contributed by atoms with Gasteiger partial charge in [-0.1, -0.05) is 60.7 Å². The van der Waals surface area contributed by atoms with E-state index in [2.05, 4.69) is 20.4 Å². The Labute approximate surface area is 190 Å². The van der Waals surface area contributed by atoms with Gasteiger partial charge in [-0.05, 0) is 12.1 Å². The highest BCUT2D eigenvalue weighted by molar-refractivity contribution is 6.11. The number of nitrogens with zero attached hydrogens (tertiary/aromatic N) is 4. The molecule has 4 aliphatic rings. The van der Waals surface area contributed by atoms with Gasteiger partial charge in [-0.3, -0.25) is 9.59 Å². The summed E-state index contributed by atoms with van der Waals surface area (Å²) in [5, 5.41) is 23.7. The molecule has 0 atom stereocenters. The van der Waals surface area contributed by atoms with Gasteiger partial charge >= 0.3 is 0 Å². The Morgan fingerprint density at radius 3 is 1.26 bits per heavy atom. The van der Waals surface area contributed by atoms with Crippen LogP contribution < -0.4 is 10.9 Å². The van der Waals surface area contributed by atoms with Gasteiger partial charge in [-0.25, -0.2) is 0 Å². The number of benzene rings is 6. The Balaban J connectivity index is 1.60. The first kappa shape index (κ1) is 17.7. The standard InChI is InChI=1S/C28H12N4O2/c33-27-17-7-3-1-5-13(17)23-21-19(27)11-9-15(25(21)31-29-23)16-10-12-20-22-24(30-32-26(16)22)14-6-2-4-8-18(14)28(20)34/h1-12H. The van der Waals surface area contributed by atoms with Crippen molar-refractivity contribution in [1.29, 1.82) is 0 Å². The lowest BCUT2D eigenvalue weighted by Crippen LogP contribution is -2.05. The summed E-state index contributed by atoms with van der Waals surface area (Å²) in [4.78, 5) is 26.4. The van der Waals surface area contributed by atoms with E-state index in [9.17, 15) is 9.59 Å². The van der Waals surface area contributed by atoms with Crippen molar-refractivity contribution in [3.63, 3.8) is 0 Å². The third kappa shape index (κ3) is 1.97. The molecule has 0 amide bonds. The highest BCUT2D eigenvalue weighted by atomic mass is 16.1. The molecule has 0 bridgehead atoms. The van der Waals surface area contributed by atoms with Crippen molar-refractivity contribution in [1.82, 2.24) is 20.4 Å². The first-order chi connectivity index (χ1) is 16.7. The first-order valence-corrected chi connectivity index (χ1v) is 10.9. The van der Waals surface area contributed by atoms with Crippen molar-refractivity contribution >= 4 is 43.4 Å². The van der Waals surface area contributed by atoms with E-state index < -0.39 is 0 Å². The molecule has 0 unspecified atom stereocenters. The van der Waals surface area contributed by atoms with Crippen molar-refractivity contribution < 1.29 is 0 Å². The summed E-state index contributed by atoms with van der Waals surface area (Å²) in [7, 11) is 0. The molecular formula is C28H12N4O2. The predicted octanol–water partition coefficient (Wildman–Crippen LogP) is 4.41. The minimum Gasteiger partial charge on any atom is -0.289 e. The summed E-state index contributed by atoms with van der Waals surface area (Å²) >= 11 is 0. The van der Waals surface area contributed by atoms with Crippen LogP contribution >= 0.6 is 0 Å². The Kier molecular flexibility index (Phi) is 3.09. The van der Waals surface area contributed by atoms with Gasteiger partial charge in [-0.15, -0.1) is 20.4 Å². The fourth-order valence-corrected chi connectivity index (χ4v) is 5.43. The minimum absolute atomic E-state index is 0.0260. The van der Waals surface area contributed by atoms with Crippen molar-refractivity contribution in [3.05, 3.63) is 104 Å². The van der Waals surface area contributed by atoms with Crippen molar-refractivity contribution in [2.45, 2.75) is 0 Å². The molecule has 6 heteroatoms. The molecular weight excluding hydrogens is 424 g/mol. The first-order valence-electron chi connectivity index (χ1n) is 10.9. The second kappa shape index (κ2) is 5.94. The molecule has 34 heavy (non-hydrogen) atoms. The minimum atomic E-state index is -0.0260. The molecule has 0 aromatic heterocycles. The predicted molar refractivity (Wildman–Crippen MR) is 131 cm³/mol. The molecule has 2 heterocycles. The van der Waals surface area contributed by atoms with Crippen molar-refractivity contribution in [3.8, 4) is 22.5 Å². The Morgan fingerprint density at radius 1 is 0.412 bits per heavy atom. The van der Waals surface area contributed by atoms with Crippen LogP contribution in [-0.2, 0) is 0 Å². The largest absolute Gasteiger partial charge is 0.289 e. The molecule has 0 saturated heterocycles. The second-order valence-corrected chi connectivity index (χ2v) is 8.62. The summed E-state index contributed by atoms with van der Waals surface area (Å²) in [5.74, 6) is 0. The molecule has 0 spiro atoms. The van der Waals surface area contributed by atoms with Crippen molar-refractivity contribution in [2.24, 2.45) is 0 Å². The Morgan fingerprint density at radius 2 is 0.824 bits per heavy atom. The lowest BCUT2D eigenvalue weighted by atomic mass is 9.93. The van der Waals surface area contributed by atoms with E-state index in [1.54, 1.807) is 0 Å². The topological polar surface area (TPSA) is 85.7 Å². The summed E-state index contributed by atoms with van der Waals surface area (Å²) in [5.41, 5.74) is 4.20. The van der Waals surface area contributed by atoms with E-state index in [-0.39, 0.29) is 10.9 Å². The van der Waals surface area contributed by atoms with Crippen LogP contribution in [0.3, 0.4) is 0 Å².